The molecular weight excluding hydrogens is 230 g/mol. The lowest BCUT2D eigenvalue weighted by molar-refractivity contribution is -0.138. The summed E-state index contributed by atoms with van der Waals surface area (Å²) in [5.41, 5.74) is 4.94. The number of amides is 1. The molecule has 0 aromatic rings. The van der Waals surface area contributed by atoms with Crippen LogP contribution in [0.25, 0.3) is 0 Å². The molecule has 5 heteroatoms. The summed E-state index contributed by atoms with van der Waals surface area (Å²) in [6.45, 7) is 5.41. The van der Waals surface area contributed by atoms with Crippen LogP contribution in [0.2, 0.25) is 0 Å². The SMILES string of the molecule is CCC(CC)(C(=O)N1CCCCCC1)C(N)=NO. The maximum absolute atomic E-state index is 12.7. The molecule has 0 saturated carbocycles. The van der Waals surface area contributed by atoms with E-state index in [0.717, 1.165) is 25.9 Å². The van der Waals surface area contributed by atoms with Gasteiger partial charge in [0.2, 0.25) is 5.91 Å². The van der Waals surface area contributed by atoms with E-state index in [2.05, 4.69) is 5.16 Å². The third-order valence-electron chi connectivity index (χ3n) is 4.11. The van der Waals surface area contributed by atoms with E-state index in [0.29, 0.717) is 12.8 Å². The molecule has 1 heterocycles. The van der Waals surface area contributed by atoms with Crippen molar-refractivity contribution >= 4 is 11.7 Å². The van der Waals surface area contributed by atoms with Gasteiger partial charge in [0.25, 0.3) is 0 Å². The molecule has 0 aromatic heterocycles. The fourth-order valence-corrected chi connectivity index (χ4v) is 2.70. The fraction of sp³-hybridized carbons (Fsp3) is 0.846. The van der Waals surface area contributed by atoms with Crippen molar-refractivity contribution in [2.45, 2.75) is 52.4 Å². The average Bonchev–Trinajstić information content (AvgIpc) is 2.69. The Bertz CT molecular complexity index is 303. The van der Waals surface area contributed by atoms with Crippen molar-refractivity contribution in [1.82, 2.24) is 4.90 Å². The molecule has 0 radical (unpaired) electrons. The van der Waals surface area contributed by atoms with Gasteiger partial charge in [0.15, 0.2) is 5.84 Å². The number of oxime groups is 1. The zero-order chi connectivity index (χ0) is 13.6. The van der Waals surface area contributed by atoms with Crippen molar-refractivity contribution in [1.29, 1.82) is 0 Å². The van der Waals surface area contributed by atoms with Gasteiger partial charge in [-0.2, -0.15) is 0 Å². The Kier molecular flexibility index (Phi) is 5.44. The Balaban J connectivity index is 2.94. The highest BCUT2D eigenvalue weighted by molar-refractivity contribution is 6.06. The third kappa shape index (κ3) is 2.76. The second-order valence-electron chi connectivity index (χ2n) is 4.98. The first kappa shape index (κ1) is 14.8. The zero-order valence-electron chi connectivity index (χ0n) is 11.5. The van der Waals surface area contributed by atoms with E-state index >= 15 is 0 Å². The van der Waals surface area contributed by atoms with Gasteiger partial charge in [-0.3, -0.25) is 4.79 Å². The molecule has 0 atom stereocenters. The van der Waals surface area contributed by atoms with Crippen molar-refractivity contribution in [2.24, 2.45) is 16.3 Å². The van der Waals surface area contributed by atoms with Crippen molar-refractivity contribution in [2.75, 3.05) is 13.1 Å². The number of nitrogens with zero attached hydrogens (tertiary/aromatic N) is 2. The largest absolute Gasteiger partial charge is 0.409 e. The molecule has 0 spiro atoms. The number of amidine groups is 1. The smallest absolute Gasteiger partial charge is 0.236 e. The highest BCUT2D eigenvalue weighted by Crippen LogP contribution is 2.30. The molecule has 3 N–H and O–H groups in total. The highest BCUT2D eigenvalue weighted by Gasteiger charge is 2.42. The second-order valence-corrected chi connectivity index (χ2v) is 4.98. The third-order valence-corrected chi connectivity index (χ3v) is 4.11. The van der Waals surface area contributed by atoms with Crippen LogP contribution in [0.1, 0.15) is 52.4 Å². The van der Waals surface area contributed by atoms with E-state index in [1.165, 1.54) is 12.8 Å². The standard InChI is InChI=1S/C13H25N3O2/c1-3-13(4-2,11(14)15-18)12(17)16-9-7-5-6-8-10-16/h18H,3-10H2,1-2H3,(H2,14,15). The number of carbonyl (C=O) groups excluding carboxylic acids is 1. The molecule has 1 aliphatic rings. The van der Waals surface area contributed by atoms with Crippen LogP contribution in [0.5, 0.6) is 0 Å². The molecule has 0 bridgehead atoms. The molecule has 1 saturated heterocycles. The Hall–Kier alpha value is -1.26. The molecule has 1 rings (SSSR count). The molecule has 5 nitrogen and oxygen atoms in total. The Morgan fingerprint density at radius 1 is 1.22 bits per heavy atom. The highest BCUT2D eigenvalue weighted by atomic mass is 16.4. The monoisotopic (exact) mass is 255 g/mol. The van der Waals surface area contributed by atoms with Crippen LogP contribution in [0.3, 0.4) is 0 Å². The van der Waals surface area contributed by atoms with Gasteiger partial charge in [-0.05, 0) is 25.7 Å². The van der Waals surface area contributed by atoms with E-state index in [-0.39, 0.29) is 11.7 Å². The molecule has 104 valence electrons. The number of hydrogen-bond donors (Lipinski definition) is 2. The first-order chi connectivity index (χ1) is 8.62. The van der Waals surface area contributed by atoms with Crippen LogP contribution >= 0.6 is 0 Å². The van der Waals surface area contributed by atoms with Crippen molar-refractivity contribution in [3.8, 4) is 0 Å². The first-order valence-corrected chi connectivity index (χ1v) is 6.89. The Labute approximate surface area is 109 Å². The summed E-state index contributed by atoms with van der Waals surface area (Å²) in [4.78, 5) is 14.6. The summed E-state index contributed by atoms with van der Waals surface area (Å²) in [6.07, 6.45) is 5.58. The van der Waals surface area contributed by atoms with Gasteiger partial charge >= 0.3 is 0 Å². The number of likely N-dealkylation sites (tertiary alicyclic amines) is 1. The molecule has 1 amide bonds. The van der Waals surface area contributed by atoms with Crippen LogP contribution in [0, 0.1) is 5.41 Å². The van der Waals surface area contributed by atoms with Gasteiger partial charge in [-0.25, -0.2) is 0 Å². The lowest BCUT2D eigenvalue weighted by atomic mass is 9.79. The molecule has 0 aromatic carbocycles. The van der Waals surface area contributed by atoms with Crippen LogP contribution < -0.4 is 5.73 Å². The Morgan fingerprint density at radius 2 is 1.72 bits per heavy atom. The van der Waals surface area contributed by atoms with E-state index < -0.39 is 5.41 Å². The zero-order valence-corrected chi connectivity index (χ0v) is 11.5. The van der Waals surface area contributed by atoms with Crippen LogP contribution in [-0.4, -0.2) is 34.9 Å². The fourth-order valence-electron chi connectivity index (χ4n) is 2.70. The normalized spacial score (nSPS) is 18.6. The number of hydrogen-bond acceptors (Lipinski definition) is 3. The lowest BCUT2D eigenvalue weighted by Gasteiger charge is -2.34. The second kappa shape index (κ2) is 6.61. The number of nitrogens with two attached hydrogens (primary N) is 1. The predicted octanol–water partition coefficient (Wildman–Crippen LogP) is 1.94. The number of rotatable bonds is 4. The maximum Gasteiger partial charge on any atom is 0.236 e. The van der Waals surface area contributed by atoms with Gasteiger partial charge in [-0.15, -0.1) is 0 Å². The van der Waals surface area contributed by atoms with Gasteiger partial charge < -0.3 is 15.8 Å². The summed E-state index contributed by atoms with van der Waals surface area (Å²) in [5, 5.41) is 12.0. The summed E-state index contributed by atoms with van der Waals surface area (Å²) < 4.78 is 0. The van der Waals surface area contributed by atoms with Crippen molar-refractivity contribution in [3.63, 3.8) is 0 Å². The minimum atomic E-state index is -0.834. The molecule has 0 unspecified atom stereocenters. The van der Waals surface area contributed by atoms with Gasteiger partial charge in [-0.1, -0.05) is 31.8 Å². The summed E-state index contributed by atoms with van der Waals surface area (Å²) in [6, 6.07) is 0. The lowest BCUT2D eigenvalue weighted by Crippen LogP contribution is -2.51. The maximum atomic E-state index is 12.7. The van der Waals surface area contributed by atoms with Gasteiger partial charge in [0, 0.05) is 13.1 Å². The first-order valence-electron chi connectivity index (χ1n) is 6.89. The summed E-state index contributed by atoms with van der Waals surface area (Å²) in [7, 11) is 0. The molecule has 1 fully saturated rings. The quantitative estimate of drug-likeness (QED) is 0.349. The summed E-state index contributed by atoms with van der Waals surface area (Å²) >= 11 is 0. The topological polar surface area (TPSA) is 78.9 Å². The molecule has 18 heavy (non-hydrogen) atoms. The van der Waals surface area contributed by atoms with E-state index in [4.69, 9.17) is 10.9 Å². The predicted molar refractivity (Wildman–Crippen MR) is 71.5 cm³/mol. The van der Waals surface area contributed by atoms with Gasteiger partial charge in [0.1, 0.15) is 5.41 Å². The minimum Gasteiger partial charge on any atom is -0.409 e. The van der Waals surface area contributed by atoms with E-state index in [1.807, 2.05) is 18.7 Å². The minimum absolute atomic E-state index is 0.0182. The molecule has 1 aliphatic heterocycles. The number of carbonyl (C=O) groups is 1. The van der Waals surface area contributed by atoms with Crippen molar-refractivity contribution < 1.29 is 10.0 Å². The molecule has 0 aliphatic carbocycles. The van der Waals surface area contributed by atoms with Crippen LogP contribution in [-0.2, 0) is 4.79 Å². The van der Waals surface area contributed by atoms with Crippen LogP contribution in [0.4, 0.5) is 0 Å². The molecular formula is C13H25N3O2. The van der Waals surface area contributed by atoms with E-state index in [9.17, 15) is 4.79 Å². The average molecular weight is 255 g/mol. The van der Waals surface area contributed by atoms with E-state index in [1.54, 1.807) is 0 Å². The summed E-state index contributed by atoms with van der Waals surface area (Å²) in [5.74, 6) is 0.0615. The van der Waals surface area contributed by atoms with Crippen molar-refractivity contribution in [3.05, 3.63) is 0 Å². The van der Waals surface area contributed by atoms with Gasteiger partial charge in [0.05, 0.1) is 0 Å². The van der Waals surface area contributed by atoms with Crippen LogP contribution in [0.15, 0.2) is 5.16 Å². The Morgan fingerprint density at radius 3 is 2.11 bits per heavy atom.